The van der Waals surface area contributed by atoms with Gasteiger partial charge in [0.05, 0.1) is 17.4 Å². The molecule has 3 heterocycles. The zero-order valence-electron chi connectivity index (χ0n) is 16.5. The first-order chi connectivity index (χ1) is 14.4. The van der Waals surface area contributed by atoms with Gasteiger partial charge in [-0.1, -0.05) is 13.0 Å². The van der Waals surface area contributed by atoms with Gasteiger partial charge in [0.2, 0.25) is 0 Å². The van der Waals surface area contributed by atoms with Crippen molar-refractivity contribution in [1.29, 1.82) is 0 Å². The van der Waals surface area contributed by atoms with Gasteiger partial charge < -0.3 is 10.4 Å². The van der Waals surface area contributed by atoms with Crippen molar-refractivity contribution in [2.75, 3.05) is 5.32 Å². The molecular formula is C21H20N6O3. The molecule has 1 aromatic carbocycles. The van der Waals surface area contributed by atoms with E-state index in [0.717, 1.165) is 10.9 Å². The first-order valence-electron chi connectivity index (χ1n) is 9.43. The van der Waals surface area contributed by atoms with Gasteiger partial charge in [-0.25, -0.2) is 9.78 Å². The molecule has 0 spiro atoms. The van der Waals surface area contributed by atoms with Crippen molar-refractivity contribution in [2.45, 2.75) is 19.4 Å². The molecule has 152 valence electrons. The summed E-state index contributed by atoms with van der Waals surface area (Å²) in [5.41, 5.74) is 2.99. The zero-order chi connectivity index (χ0) is 21.3. The minimum absolute atomic E-state index is 0.282. The fourth-order valence-corrected chi connectivity index (χ4v) is 3.23. The molecule has 2 N–H and O–H groups in total. The fraction of sp³-hybridized carbons (Fsp3) is 0.190. The second-order valence-corrected chi connectivity index (χ2v) is 6.91. The van der Waals surface area contributed by atoms with Crippen LogP contribution in [0.2, 0.25) is 0 Å². The summed E-state index contributed by atoms with van der Waals surface area (Å²) in [4.78, 5) is 28.5. The zero-order valence-corrected chi connectivity index (χ0v) is 16.5. The summed E-state index contributed by atoms with van der Waals surface area (Å²) in [6, 6.07) is 9.74. The highest BCUT2D eigenvalue weighted by Gasteiger charge is 2.19. The van der Waals surface area contributed by atoms with Gasteiger partial charge >= 0.3 is 5.97 Å². The third-order valence-electron chi connectivity index (χ3n) is 4.75. The lowest BCUT2D eigenvalue weighted by Crippen LogP contribution is -2.18. The number of carboxylic acid groups (broad SMARTS) is 1. The highest BCUT2D eigenvalue weighted by atomic mass is 16.4. The highest BCUT2D eigenvalue weighted by molar-refractivity contribution is 6.04. The van der Waals surface area contributed by atoms with E-state index >= 15 is 0 Å². The van der Waals surface area contributed by atoms with E-state index in [1.807, 2.05) is 19.3 Å². The Morgan fingerprint density at radius 2 is 2.03 bits per heavy atom. The SMILES string of the molecule is CCC(C(=O)O)n1cc2cc(NC(=O)c3cccc(-c4cnn(C)c4)n3)ccc2n1. The number of aryl methyl sites for hydroxylation is 1. The van der Waals surface area contributed by atoms with E-state index in [9.17, 15) is 14.7 Å². The Kier molecular flexibility index (Phi) is 5.01. The summed E-state index contributed by atoms with van der Waals surface area (Å²) in [5, 5.41) is 21.4. The van der Waals surface area contributed by atoms with Crippen LogP contribution in [0.4, 0.5) is 5.69 Å². The monoisotopic (exact) mass is 404 g/mol. The molecule has 3 aromatic heterocycles. The van der Waals surface area contributed by atoms with E-state index in [-0.39, 0.29) is 11.6 Å². The minimum Gasteiger partial charge on any atom is -0.480 e. The Bertz CT molecular complexity index is 1240. The fourth-order valence-electron chi connectivity index (χ4n) is 3.23. The topological polar surface area (TPSA) is 115 Å². The van der Waals surface area contributed by atoms with Crippen LogP contribution in [-0.2, 0) is 11.8 Å². The predicted molar refractivity (Wildman–Crippen MR) is 111 cm³/mol. The van der Waals surface area contributed by atoms with Crippen molar-refractivity contribution < 1.29 is 14.7 Å². The van der Waals surface area contributed by atoms with Crippen LogP contribution in [0.1, 0.15) is 29.9 Å². The van der Waals surface area contributed by atoms with E-state index in [1.54, 1.807) is 54.3 Å². The van der Waals surface area contributed by atoms with Gasteiger partial charge in [0.25, 0.3) is 5.91 Å². The van der Waals surface area contributed by atoms with Crippen molar-refractivity contribution in [2.24, 2.45) is 7.05 Å². The third kappa shape index (κ3) is 3.77. The predicted octanol–water partition coefficient (Wildman–Crippen LogP) is 3.12. The molecule has 30 heavy (non-hydrogen) atoms. The lowest BCUT2D eigenvalue weighted by molar-refractivity contribution is -0.141. The number of anilines is 1. The molecule has 1 amide bonds. The maximum Gasteiger partial charge on any atom is 0.328 e. The molecule has 4 aromatic rings. The Hall–Kier alpha value is -4.01. The molecule has 0 radical (unpaired) electrons. The lowest BCUT2D eigenvalue weighted by atomic mass is 10.2. The average molecular weight is 404 g/mol. The highest BCUT2D eigenvalue weighted by Crippen LogP contribution is 2.22. The maximum absolute atomic E-state index is 12.7. The Morgan fingerprint density at radius 1 is 1.20 bits per heavy atom. The Balaban J connectivity index is 1.56. The largest absolute Gasteiger partial charge is 0.480 e. The number of carboxylic acids is 1. The summed E-state index contributed by atoms with van der Waals surface area (Å²) in [7, 11) is 1.82. The summed E-state index contributed by atoms with van der Waals surface area (Å²) in [5.74, 6) is -1.28. The molecule has 9 nitrogen and oxygen atoms in total. The van der Waals surface area contributed by atoms with Crippen LogP contribution in [-0.4, -0.2) is 41.5 Å². The summed E-state index contributed by atoms with van der Waals surface area (Å²) >= 11 is 0. The van der Waals surface area contributed by atoms with E-state index in [1.165, 1.54) is 4.68 Å². The van der Waals surface area contributed by atoms with Crippen molar-refractivity contribution in [3.8, 4) is 11.3 Å². The molecule has 0 saturated heterocycles. The van der Waals surface area contributed by atoms with Crippen molar-refractivity contribution in [3.63, 3.8) is 0 Å². The summed E-state index contributed by atoms with van der Waals surface area (Å²) in [6.45, 7) is 1.80. The number of carbonyl (C=O) groups excluding carboxylic acids is 1. The Morgan fingerprint density at radius 3 is 2.73 bits per heavy atom. The van der Waals surface area contributed by atoms with E-state index < -0.39 is 12.0 Å². The molecule has 0 aliphatic heterocycles. The van der Waals surface area contributed by atoms with Gasteiger partial charge in [0, 0.05) is 36.1 Å². The summed E-state index contributed by atoms with van der Waals surface area (Å²) < 4.78 is 3.12. The molecule has 9 heteroatoms. The lowest BCUT2D eigenvalue weighted by Gasteiger charge is -2.08. The Labute approximate surface area is 172 Å². The minimum atomic E-state index is -0.932. The number of benzene rings is 1. The average Bonchev–Trinajstić information content (AvgIpc) is 3.34. The van der Waals surface area contributed by atoms with Gasteiger partial charge in [-0.2, -0.15) is 10.2 Å². The molecule has 1 atom stereocenters. The molecule has 0 aliphatic rings. The number of pyridine rings is 1. The van der Waals surface area contributed by atoms with E-state index in [2.05, 4.69) is 20.5 Å². The number of hydrogen-bond donors (Lipinski definition) is 2. The number of amides is 1. The van der Waals surface area contributed by atoms with E-state index in [4.69, 9.17) is 0 Å². The summed E-state index contributed by atoms with van der Waals surface area (Å²) in [6.07, 6.45) is 5.62. The van der Waals surface area contributed by atoms with Crippen LogP contribution in [0.15, 0.2) is 55.0 Å². The van der Waals surface area contributed by atoms with Crippen molar-refractivity contribution in [3.05, 3.63) is 60.7 Å². The first kappa shape index (κ1) is 19.3. The van der Waals surface area contributed by atoms with Gasteiger partial charge in [-0.15, -0.1) is 0 Å². The van der Waals surface area contributed by atoms with Crippen LogP contribution >= 0.6 is 0 Å². The van der Waals surface area contributed by atoms with Gasteiger partial charge in [-0.3, -0.25) is 14.2 Å². The number of rotatable bonds is 6. The van der Waals surface area contributed by atoms with Crippen molar-refractivity contribution in [1.82, 2.24) is 24.5 Å². The molecule has 1 unspecified atom stereocenters. The number of fused-ring (bicyclic) bond motifs is 1. The molecule has 0 saturated carbocycles. The molecule has 0 bridgehead atoms. The number of nitrogens with zero attached hydrogens (tertiary/aromatic N) is 5. The van der Waals surface area contributed by atoms with Crippen LogP contribution in [0, 0.1) is 0 Å². The van der Waals surface area contributed by atoms with Crippen LogP contribution < -0.4 is 5.32 Å². The second-order valence-electron chi connectivity index (χ2n) is 6.91. The molecule has 0 fully saturated rings. The van der Waals surface area contributed by atoms with Crippen LogP contribution in [0.5, 0.6) is 0 Å². The van der Waals surface area contributed by atoms with Crippen molar-refractivity contribution >= 4 is 28.5 Å². The standard InChI is InChI=1S/C21H20N6O3/c1-3-19(21(29)30)27-12-13-9-15(7-8-17(13)25-27)23-20(28)18-6-4-5-16(24-18)14-10-22-26(2)11-14/h4-12,19H,3H2,1-2H3,(H,23,28)(H,29,30). The van der Waals surface area contributed by atoms with Gasteiger partial charge in [0.1, 0.15) is 11.7 Å². The smallest absolute Gasteiger partial charge is 0.328 e. The first-order valence-corrected chi connectivity index (χ1v) is 9.43. The second kappa shape index (κ2) is 7.78. The van der Waals surface area contributed by atoms with Gasteiger partial charge in [0.15, 0.2) is 0 Å². The van der Waals surface area contributed by atoms with Crippen LogP contribution in [0.25, 0.3) is 22.2 Å². The van der Waals surface area contributed by atoms with E-state index in [0.29, 0.717) is 23.3 Å². The number of aromatic nitrogens is 5. The number of nitrogens with one attached hydrogen (secondary N) is 1. The van der Waals surface area contributed by atoms with Gasteiger partial charge in [-0.05, 0) is 36.8 Å². The number of hydrogen-bond acceptors (Lipinski definition) is 5. The quantitative estimate of drug-likeness (QED) is 0.510. The number of carbonyl (C=O) groups is 2. The third-order valence-corrected chi connectivity index (χ3v) is 4.75. The van der Waals surface area contributed by atoms with Crippen LogP contribution in [0.3, 0.4) is 0 Å². The normalized spacial score (nSPS) is 12.1. The molecular weight excluding hydrogens is 384 g/mol. The maximum atomic E-state index is 12.7. The molecule has 4 rings (SSSR count). The molecule has 0 aliphatic carbocycles. The number of aliphatic carboxylic acids is 1.